The van der Waals surface area contributed by atoms with Crippen molar-refractivity contribution in [2.24, 2.45) is 0 Å². The van der Waals surface area contributed by atoms with Crippen LogP contribution in [0.2, 0.25) is 0 Å². The fourth-order valence-electron chi connectivity index (χ4n) is 2.10. The third-order valence-corrected chi connectivity index (χ3v) is 3.22. The predicted molar refractivity (Wildman–Crippen MR) is 78.6 cm³/mol. The number of halogens is 3. The molecule has 23 heavy (non-hydrogen) atoms. The molecule has 1 aromatic heterocycles. The van der Waals surface area contributed by atoms with Crippen molar-refractivity contribution in [3.05, 3.63) is 65.9 Å². The lowest BCUT2D eigenvalue weighted by atomic mass is 10.2. The first-order valence-corrected chi connectivity index (χ1v) is 6.67. The van der Waals surface area contributed by atoms with Crippen LogP contribution < -0.4 is 4.74 Å². The minimum absolute atomic E-state index is 0.301. The van der Waals surface area contributed by atoms with E-state index in [0.29, 0.717) is 29.0 Å². The van der Waals surface area contributed by atoms with E-state index in [9.17, 15) is 18.0 Å². The first-order chi connectivity index (χ1) is 11.0. The van der Waals surface area contributed by atoms with Crippen molar-refractivity contribution in [1.82, 2.24) is 4.98 Å². The molecule has 0 bridgehead atoms. The molecule has 0 atom stereocenters. The Morgan fingerprint density at radius 3 is 2.26 bits per heavy atom. The maximum Gasteiger partial charge on any atom is 0.416 e. The van der Waals surface area contributed by atoms with E-state index in [4.69, 9.17) is 4.74 Å². The van der Waals surface area contributed by atoms with Gasteiger partial charge >= 0.3 is 6.18 Å². The largest absolute Gasteiger partial charge is 0.457 e. The zero-order chi connectivity index (χ0) is 16.4. The number of hydrogen-bond acceptors (Lipinski definition) is 3. The molecule has 6 heteroatoms. The molecular weight excluding hydrogens is 307 g/mol. The second kappa shape index (κ2) is 5.72. The van der Waals surface area contributed by atoms with Crippen LogP contribution in [0.25, 0.3) is 10.9 Å². The fraction of sp³-hybridized carbons (Fsp3) is 0.0588. The van der Waals surface area contributed by atoms with E-state index in [1.54, 1.807) is 30.3 Å². The highest BCUT2D eigenvalue weighted by molar-refractivity contribution is 5.84. The van der Waals surface area contributed by atoms with Gasteiger partial charge in [-0.1, -0.05) is 6.07 Å². The third kappa shape index (κ3) is 3.31. The fourth-order valence-corrected chi connectivity index (χ4v) is 2.10. The summed E-state index contributed by atoms with van der Waals surface area (Å²) < 4.78 is 43.1. The van der Waals surface area contributed by atoms with Crippen LogP contribution in [-0.4, -0.2) is 11.3 Å². The van der Waals surface area contributed by atoms with Gasteiger partial charge in [0, 0.05) is 5.39 Å². The number of pyridine rings is 1. The molecule has 0 saturated carbocycles. The van der Waals surface area contributed by atoms with E-state index in [1.807, 2.05) is 0 Å². The quantitative estimate of drug-likeness (QED) is 0.648. The molecule has 2 aromatic carbocycles. The normalized spacial score (nSPS) is 11.4. The summed E-state index contributed by atoms with van der Waals surface area (Å²) >= 11 is 0. The van der Waals surface area contributed by atoms with Crippen LogP contribution >= 0.6 is 0 Å². The van der Waals surface area contributed by atoms with Gasteiger partial charge in [-0.3, -0.25) is 4.79 Å². The van der Waals surface area contributed by atoms with Crippen LogP contribution in [0.15, 0.2) is 54.6 Å². The lowest BCUT2D eigenvalue weighted by molar-refractivity contribution is -0.137. The van der Waals surface area contributed by atoms with Crippen molar-refractivity contribution >= 4 is 17.2 Å². The molecule has 3 rings (SSSR count). The Bertz CT molecular complexity index is 858. The van der Waals surface area contributed by atoms with Crippen LogP contribution in [-0.2, 0) is 6.18 Å². The van der Waals surface area contributed by atoms with Gasteiger partial charge < -0.3 is 4.74 Å². The summed E-state index contributed by atoms with van der Waals surface area (Å²) in [4.78, 5) is 14.8. The lowest BCUT2D eigenvalue weighted by Gasteiger charge is -2.09. The van der Waals surface area contributed by atoms with Crippen LogP contribution in [0.4, 0.5) is 13.2 Å². The monoisotopic (exact) mass is 317 g/mol. The number of ether oxygens (including phenoxy) is 1. The molecule has 0 radical (unpaired) electrons. The van der Waals surface area contributed by atoms with Gasteiger partial charge in [-0.05, 0) is 48.5 Å². The minimum atomic E-state index is -4.37. The number of rotatable bonds is 3. The number of fused-ring (bicyclic) bond motifs is 1. The number of hydrogen-bond donors (Lipinski definition) is 0. The first-order valence-electron chi connectivity index (χ1n) is 6.67. The average molecular weight is 317 g/mol. The van der Waals surface area contributed by atoms with Crippen molar-refractivity contribution in [1.29, 1.82) is 0 Å². The van der Waals surface area contributed by atoms with E-state index in [2.05, 4.69) is 4.98 Å². The number of alkyl halides is 3. The maximum absolute atomic E-state index is 12.5. The molecule has 0 aliphatic rings. The Hall–Kier alpha value is -2.89. The van der Waals surface area contributed by atoms with Crippen LogP contribution in [0.5, 0.6) is 11.5 Å². The van der Waals surface area contributed by atoms with Crippen LogP contribution in [0.1, 0.15) is 16.1 Å². The second-order valence-corrected chi connectivity index (χ2v) is 4.83. The van der Waals surface area contributed by atoms with E-state index in [-0.39, 0.29) is 0 Å². The molecule has 0 spiro atoms. The van der Waals surface area contributed by atoms with Gasteiger partial charge in [0.05, 0.1) is 11.1 Å². The smallest absolute Gasteiger partial charge is 0.416 e. The predicted octanol–water partition coefficient (Wildman–Crippen LogP) is 4.86. The topological polar surface area (TPSA) is 39.2 Å². The molecule has 0 aliphatic heterocycles. The molecule has 1 heterocycles. The Morgan fingerprint density at radius 1 is 0.913 bits per heavy atom. The maximum atomic E-state index is 12.5. The van der Waals surface area contributed by atoms with Crippen molar-refractivity contribution in [2.75, 3.05) is 0 Å². The van der Waals surface area contributed by atoms with Gasteiger partial charge in [0.2, 0.25) is 0 Å². The Morgan fingerprint density at radius 2 is 1.61 bits per heavy atom. The highest BCUT2D eigenvalue weighted by Crippen LogP contribution is 2.31. The van der Waals surface area contributed by atoms with Crippen molar-refractivity contribution in [3.63, 3.8) is 0 Å². The second-order valence-electron chi connectivity index (χ2n) is 4.83. The van der Waals surface area contributed by atoms with E-state index in [1.165, 1.54) is 12.1 Å². The van der Waals surface area contributed by atoms with E-state index in [0.717, 1.165) is 17.5 Å². The zero-order valence-corrected chi connectivity index (χ0v) is 11.7. The summed E-state index contributed by atoms with van der Waals surface area (Å²) in [6.45, 7) is 0. The van der Waals surface area contributed by atoms with Crippen molar-refractivity contribution in [3.8, 4) is 11.5 Å². The molecule has 0 fully saturated rings. The summed E-state index contributed by atoms with van der Waals surface area (Å²) in [7, 11) is 0. The first kappa shape index (κ1) is 15.0. The number of nitrogens with zero attached hydrogens (tertiary/aromatic N) is 1. The Labute approximate surface area is 129 Å². The number of carbonyl (C=O) groups is 1. The number of aldehydes is 1. The Balaban J connectivity index is 1.85. The van der Waals surface area contributed by atoms with Gasteiger partial charge in [-0.15, -0.1) is 0 Å². The van der Waals surface area contributed by atoms with E-state index >= 15 is 0 Å². The van der Waals surface area contributed by atoms with Crippen molar-refractivity contribution in [2.45, 2.75) is 6.18 Å². The van der Waals surface area contributed by atoms with Gasteiger partial charge in [0.15, 0.2) is 6.29 Å². The van der Waals surface area contributed by atoms with E-state index < -0.39 is 11.7 Å². The van der Waals surface area contributed by atoms with Gasteiger partial charge in [-0.2, -0.15) is 13.2 Å². The third-order valence-electron chi connectivity index (χ3n) is 3.22. The van der Waals surface area contributed by atoms with Gasteiger partial charge in [-0.25, -0.2) is 4.98 Å². The minimum Gasteiger partial charge on any atom is -0.457 e. The molecule has 0 N–H and O–H groups in total. The summed E-state index contributed by atoms with van der Waals surface area (Å²) in [5.41, 5.74) is 0.234. The summed E-state index contributed by atoms with van der Waals surface area (Å²) in [5.74, 6) is 0.771. The summed E-state index contributed by atoms with van der Waals surface area (Å²) in [6.07, 6.45) is -3.71. The standard InChI is InChI=1S/C17H10F3NO2/c18-17(19,20)12-2-5-14(6-3-12)23-15-7-8-16-11(9-15)1-4-13(10-22)21-16/h1-10H. The number of aromatic nitrogens is 1. The average Bonchev–Trinajstić information content (AvgIpc) is 2.54. The highest BCUT2D eigenvalue weighted by Gasteiger charge is 2.30. The molecule has 0 unspecified atom stereocenters. The zero-order valence-electron chi connectivity index (χ0n) is 11.7. The van der Waals surface area contributed by atoms with Gasteiger partial charge in [0.1, 0.15) is 17.2 Å². The highest BCUT2D eigenvalue weighted by atomic mass is 19.4. The summed E-state index contributed by atoms with van der Waals surface area (Å²) in [5, 5.41) is 0.764. The molecule has 0 aliphatic carbocycles. The molecule has 0 amide bonds. The number of carbonyl (C=O) groups excluding carboxylic acids is 1. The number of benzene rings is 2. The molecule has 0 saturated heterocycles. The van der Waals surface area contributed by atoms with Crippen LogP contribution in [0, 0.1) is 0 Å². The molecule has 116 valence electrons. The lowest BCUT2D eigenvalue weighted by Crippen LogP contribution is -2.03. The summed E-state index contributed by atoms with van der Waals surface area (Å²) in [6, 6.07) is 12.8. The molecule has 3 nitrogen and oxygen atoms in total. The SMILES string of the molecule is O=Cc1ccc2cc(Oc3ccc(C(F)(F)F)cc3)ccc2n1. The molecular formula is C17H10F3NO2. The van der Waals surface area contributed by atoms with Crippen LogP contribution in [0.3, 0.4) is 0 Å². The molecule has 3 aromatic rings. The Kier molecular flexibility index (Phi) is 3.73. The van der Waals surface area contributed by atoms with Gasteiger partial charge in [0.25, 0.3) is 0 Å². The van der Waals surface area contributed by atoms with Crippen molar-refractivity contribution < 1.29 is 22.7 Å².